The summed E-state index contributed by atoms with van der Waals surface area (Å²) >= 11 is 5.92. The van der Waals surface area contributed by atoms with Gasteiger partial charge in [-0.2, -0.15) is 18.3 Å². The number of rotatable bonds is 1. The van der Waals surface area contributed by atoms with Gasteiger partial charge in [-0.3, -0.25) is 4.98 Å². The van der Waals surface area contributed by atoms with Crippen LogP contribution in [-0.2, 0) is 6.18 Å². The Bertz CT molecular complexity index is 826. The van der Waals surface area contributed by atoms with Crippen molar-refractivity contribution in [1.82, 2.24) is 14.8 Å². The normalized spacial score (nSPS) is 12.0. The molecule has 21 heavy (non-hydrogen) atoms. The van der Waals surface area contributed by atoms with Crippen molar-refractivity contribution in [2.24, 2.45) is 0 Å². The largest absolute Gasteiger partial charge is 0.417 e. The molecule has 3 aromatic rings. The lowest BCUT2D eigenvalue weighted by Crippen LogP contribution is -2.07. The van der Waals surface area contributed by atoms with Gasteiger partial charge in [0.25, 0.3) is 0 Å². The van der Waals surface area contributed by atoms with Crippen LogP contribution in [0.4, 0.5) is 17.6 Å². The van der Waals surface area contributed by atoms with Crippen molar-refractivity contribution in [3.63, 3.8) is 0 Å². The van der Waals surface area contributed by atoms with Gasteiger partial charge < -0.3 is 0 Å². The molecule has 1 aromatic carbocycles. The van der Waals surface area contributed by atoms with Crippen molar-refractivity contribution in [2.75, 3.05) is 0 Å². The summed E-state index contributed by atoms with van der Waals surface area (Å²) in [6, 6.07) is 3.33. The maximum atomic E-state index is 13.9. The minimum Gasteiger partial charge on any atom is -0.262 e. The standard InChI is InChI=1S/C13H6ClF4N3/c14-10-1-2-11(15)12-9(10)6-20-21(12)8-3-7(4-19-5-8)13(16,17)18/h1-6H. The van der Waals surface area contributed by atoms with Gasteiger partial charge in [0.15, 0.2) is 0 Å². The van der Waals surface area contributed by atoms with E-state index in [1.807, 2.05) is 0 Å². The minimum absolute atomic E-state index is 0.000918. The van der Waals surface area contributed by atoms with Crippen molar-refractivity contribution >= 4 is 22.5 Å². The third-order valence-electron chi connectivity index (χ3n) is 2.92. The Hall–Kier alpha value is -2.15. The molecular weight excluding hydrogens is 310 g/mol. The Labute approximate surface area is 120 Å². The molecule has 0 radical (unpaired) electrons. The number of pyridine rings is 1. The number of nitrogens with zero attached hydrogens (tertiary/aromatic N) is 3. The number of hydrogen-bond donors (Lipinski definition) is 0. The molecule has 0 aliphatic carbocycles. The van der Waals surface area contributed by atoms with Gasteiger partial charge in [0.1, 0.15) is 11.3 Å². The molecule has 2 aromatic heterocycles. The molecule has 0 N–H and O–H groups in total. The van der Waals surface area contributed by atoms with E-state index >= 15 is 0 Å². The summed E-state index contributed by atoms with van der Waals surface area (Å²) < 4.78 is 53.1. The first-order valence-corrected chi connectivity index (χ1v) is 6.10. The summed E-state index contributed by atoms with van der Waals surface area (Å²) in [6.07, 6.45) is -1.39. The first kappa shape index (κ1) is 13.8. The number of alkyl halides is 3. The molecule has 0 atom stereocenters. The highest BCUT2D eigenvalue weighted by atomic mass is 35.5. The van der Waals surface area contributed by atoms with E-state index in [2.05, 4.69) is 10.1 Å². The second-order valence-corrected chi connectivity index (χ2v) is 4.68. The van der Waals surface area contributed by atoms with Crippen LogP contribution in [0.5, 0.6) is 0 Å². The average molecular weight is 316 g/mol. The Balaban J connectivity index is 2.24. The molecule has 0 saturated heterocycles. The molecule has 0 unspecified atom stereocenters. The van der Waals surface area contributed by atoms with Crippen molar-refractivity contribution in [3.8, 4) is 5.69 Å². The highest BCUT2D eigenvalue weighted by Crippen LogP contribution is 2.31. The second-order valence-electron chi connectivity index (χ2n) is 4.28. The van der Waals surface area contributed by atoms with Crippen LogP contribution < -0.4 is 0 Å². The Morgan fingerprint density at radius 1 is 1.10 bits per heavy atom. The van der Waals surface area contributed by atoms with Crippen LogP contribution in [0, 0.1) is 5.82 Å². The molecule has 2 heterocycles. The Kier molecular flexibility index (Phi) is 3.09. The molecule has 0 fully saturated rings. The van der Waals surface area contributed by atoms with Crippen LogP contribution in [0.2, 0.25) is 5.02 Å². The van der Waals surface area contributed by atoms with E-state index in [4.69, 9.17) is 11.6 Å². The van der Waals surface area contributed by atoms with Gasteiger partial charge in [0.05, 0.1) is 28.7 Å². The summed E-state index contributed by atoms with van der Waals surface area (Å²) in [7, 11) is 0. The summed E-state index contributed by atoms with van der Waals surface area (Å²) in [5.41, 5.74) is -0.935. The van der Waals surface area contributed by atoms with E-state index in [1.54, 1.807) is 0 Å². The van der Waals surface area contributed by atoms with Crippen molar-refractivity contribution in [1.29, 1.82) is 0 Å². The topological polar surface area (TPSA) is 30.7 Å². The summed E-state index contributed by atoms with van der Waals surface area (Å²) in [5.74, 6) is -0.635. The summed E-state index contributed by atoms with van der Waals surface area (Å²) in [6.45, 7) is 0. The van der Waals surface area contributed by atoms with Crippen molar-refractivity contribution < 1.29 is 17.6 Å². The molecule has 0 aliphatic rings. The van der Waals surface area contributed by atoms with Gasteiger partial charge in [-0.15, -0.1) is 0 Å². The molecule has 8 heteroatoms. The number of hydrogen-bond acceptors (Lipinski definition) is 2. The fourth-order valence-electron chi connectivity index (χ4n) is 1.96. The number of fused-ring (bicyclic) bond motifs is 1. The monoisotopic (exact) mass is 315 g/mol. The number of aromatic nitrogens is 3. The molecule has 0 aliphatic heterocycles. The third kappa shape index (κ3) is 2.33. The van der Waals surface area contributed by atoms with E-state index in [0.29, 0.717) is 11.6 Å². The maximum Gasteiger partial charge on any atom is 0.417 e. The lowest BCUT2D eigenvalue weighted by molar-refractivity contribution is -0.137. The minimum atomic E-state index is -4.54. The van der Waals surface area contributed by atoms with Gasteiger partial charge in [-0.1, -0.05) is 11.6 Å². The summed E-state index contributed by atoms with van der Waals surface area (Å²) in [5, 5.41) is 4.47. The summed E-state index contributed by atoms with van der Waals surface area (Å²) in [4.78, 5) is 3.53. The average Bonchev–Trinajstić information content (AvgIpc) is 2.88. The molecule has 0 spiro atoms. The van der Waals surface area contributed by atoms with Gasteiger partial charge in [0, 0.05) is 11.6 Å². The second kappa shape index (κ2) is 4.70. The maximum absolute atomic E-state index is 13.9. The first-order chi connectivity index (χ1) is 9.88. The molecule has 3 nitrogen and oxygen atoms in total. The fourth-order valence-corrected chi connectivity index (χ4v) is 2.16. The Morgan fingerprint density at radius 2 is 1.86 bits per heavy atom. The first-order valence-electron chi connectivity index (χ1n) is 5.72. The molecule has 0 amide bonds. The van der Waals surface area contributed by atoms with E-state index in [9.17, 15) is 17.6 Å². The lowest BCUT2D eigenvalue weighted by atomic mass is 10.2. The molecule has 108 valence electrons. The predicted molar refractivity (Wildman–Crippen MR) is 68.8 cm³/mol. The fraction of sp³-hybridized carbons (Fsp3) is 0.0769. The van der Waals surface area contributed by atoms with Crippen LogP contribution in [0.1, 0.15) is 5.56 Å². The zero-order chi connectivity index (χ0) is 15.2. The highest BCUT2D eigenvalue weighted by Gasteiger charge is 2.31. The SMILES string of the molecule is Fc1ccc(Cl)c2cnn(-c3cncc(C(F)(F)F)c3)c12. The quantitative estimate of drug-likeness (QED) is 0.629. The zero-order valence-electron chi connectivity index (χ0n) is 10.2. The van der Waals surface area contributed by atoms with E-state index in [0.717, 1.165) is 16.8 Å². The predicted octanol–water partition coefficient (Wildman–Crippen LogP) is 4.23. The van der Waals surface area contributed by atoms with Crippen LogP contribution >= 0.6 is 11.6 Å². The van der Waals surface area contributed by atoms with Crippen LogP contribution in [-0.4, -0.2) is 14.8 Å². The molecule has 0 saturated carbocycles. The molecular formula is C13H6ClF4N3. The number of benzene rings is 1. The van der Waals surface area contributed by atoms with Crippen molar-refractivity contribution in [2.45, 2.75) is 6.18 Å². The van der Waals surface area contributed by atoms with Gasteiger partial charge >= 0.3 is 6.18 Å². The third-order valence-corrected chi connectivity index (χ3v) is 3.25. The van der Waals surface area contributed by atoms with Gasteiger partial charge in [-0.25, -0.2) is 9.07 Å². The lowest BCUT2D eigenvalue weighted by Gasteiger charge is -2.09. The van der Waals surface area contributed by atoms with Crippen LogP contribution in [0.15, 0.2) is 36.8 Å². The van der Waals surface area contributed by atoms with E-state index < -0.39 is 17.6 Å². The number of halogens is 5. The van der Waals surface area contributed by atoms with Gasteiger partial charge in [-0.05, 0) is 18.2 Å². The van der Waals surface area contributed by atoms with E-state index in [1.165, 1.54) is 18.5 Å². The smallest absolute Gasteiger partial charge is 0.262 e. The molecule has 0 bridgehead atoms. The Morgan fingerprint density at radius 3 is 2.57 bits per heavy atom. The van der Waals surface area contributed by atoms with Gasteiger partial charge in [0.2, 0.25) is 0 Å². The highest BCUT2D eigenvalue weighted by molar-refractivity contribution is 6.35. The molecule has 3 rings (SSSR count). The van der Waals surface area contributed by atoms with E-state index in [-0.39, 0.29) is 16.2 Å². The van der Waals surface area contributed by atoms with Crippen molar-refractivity contribution in [3.05, 3.63) is 53.2 Å². The van der Waals surface area contributed by atoms with Crippen LogP contribution in [0.25, 0.3) is 16.6 Å². The zero-order valence-corrected chi connectivity index (χ0v) is 11.0. The van der Waals surface area contributed by atoms with Crippen LogP contribution in [0.3, 0.4) is 0 Å².